The molecule has 2 N–H and O–H groups in total. The van der Waals surface area contributed by atoms with Crippen molar-refractivity contribution in [3.8, 4) is 5.75 Å². The smallest absolute Gasteiger partial charge is 0.180 e. The molecule has 0 saturated heterocycles. The third-order valence-electron chi connectivity index (χ3n) is 3.83. The summed E-state index contributed by atoms with van der Waals surface area (Å²) in [4.78, 5) is 0. The van der Waals surface area contributed by atoms with E-state index in [1.165, 1.54) is 29.5 Å². The average Bonchev–Trinajstić information content (AvgIpc) is 2.72. The van der Waals surface area contributed by atoms with Gasteiger partial charge in [0, 0.05) is 17.4 Å². The van der Waals surface area contributed by atoms with E-state index in [-0.39, 0.29) is 5.82 Å². The van der Waals surface area contributed by atoms with E-state index in [1.807, 2.05) is 54.6 Å². The van der Waals surface area contributed by atoms with Crippen LogP contribution in [0, 0.1) is 5.82 Å². The van der Waals surface area contributed by atoms with Crippen LogP contribution in [0.3, 0.4) is 0 Å². The van der Waals surface area contributed by atoms with E-state index in [0.717, 1.165) is 16.9 Å². The van der Waals surface area contributed by atoms with Crippen molar-refractivity contribution in [1.82, 2.24) is 0 Å². The van der Waals surface area contributed by atoms with E-state index in [9.17, 15) is 4.39 Å². The van der Waals surface area contributed by atoms with Crippen molar-refractivity contribution in [2.75, 3.05) is 0 Å². The Kier molecular flexibility index (Phi) is 7.21. The van der Waals surface area contributed by atoms with Crippen LogP contribution >= 0.6 is 11.8 Å². The molecule has 4 nitrogen and oxygen atoms in total. The Hall–Kier alpha value is -3.12. The first-order valence-corrected chi connectivity index (χ1v) is 9.69. The Balaban J connectivity index is 1.59. The van der Waals surface area contributed by atoms with E-state index in [2.05, 4.69) is 10.2 Å². The molecule has 0 aliphatic carbocycles. The van der Waals surface area contributed by atoms with Crippen LogP contribution in [-0.4, -0.2) is 11.4 Å². The molecule has 142 valence electrons. The van der Waals surface area contributed by atoms with Crippen LogP contribution in [0.15, 0.2) is 89.1 Å². The van der Waals surface area contributed by atoms with Crippen LogP contribution in [0.5, 0.6) is 5.75 Å². The highest BCUT2D eigenvalue weighted by molar-refractivity contribution is 8.13. The number of ether oxygens (including phenoxy) is 1. The molecule has 0 heterocycles. The quantitative estimate of drug-likeness (QED) is 0.350. The number of nitrogens with two attached hydrogens (primary N) is 1. The number of rotatable bonds is 7. The lowest BCUT2D eigenvalue weighted by molar-refractivity contribution is 0.304. The number of benzene rings is 3. The maximum Gasteiger partial charge on any atom is 0.180 e. The Morgan fingerprint density at radius 2 is 1.79 bits per heavy atom. The van der Waals surface area contributed by atoms with E-state index >= 15 is 0 Å². The minimum atomic E-state index is -0.329. The van der Waals surface area contributed by atoms with Gasteiger partial charge in [0.15, 0.2) is 5.17 Å². The average molecular weight is 393 g/mol. The zero-order valence-corrected chi connectivity index (χ0v) is 16.0. The molecule has 0 atom stereocenters. The fourth-order valence-electron chi connectivity index (χ4n) is 2.42. The van der Waals surface area contributed by atoms with Crippen LogP contribution in [0.2, 0.25) is 0 Å². The molecule has 0 unspecified atom stereocenters. The van der Waals surface area contributed by atoms with Gasteiger partial charge in [-0.1, -0.05) is 72.4 Å². The third kappa shape index (κ3) is 6.25. The van der Waals surface area contributed by atoms with Gasteiger partial charge in [-0.3, -0.25) is 0 Å². The van der Waals surface area contributed by atoms with Crippen LogP contribution < -0.4 is 10.5 Å². The Morgan fingerprint density at radius 1 is 1.00 bits per heavy atom. The fraction of sp³-hybridized carbons (Fsp3) is 0.0909. The monoisotopic (exact) mass is 393 g/mol. The summed E-state index contributed by atoms with van der Waals surface area (Å²) in [6.45, 7) is 0.299. The summed E-state index contributed by atoms with van der Waals surface area (Å²) >= 11 is 1.43. The van der Waals surface area contributed by atoms with E-state index in [0.29, 0.717) is 17.5 Å². The van der Waals surface area contributed by atoms with Crippen molar-refractivity contribution in [2.24, 2.45) is 15.9 Å². The summed E-state index contributed by atoms with van der Waals surface area (Å²) in [5, 5.41) is 8.52. The number of amidine groups is 1. The Labute approximate surface area is 168 Å². The van der Waals surface area contributed by atoms with Gasteiger partial charge in [0.05, 0.1) is 6.21 Å². The Morgan fingerprint density at radius 3 is 2.61 bits per heavy atom. The maximum atomic E-state index is 13.3. The summed E-state index contributed by atoms with van der Waals surface area (Å²) < 4.78 is 18.9. The molecule has 3 aromatic carbocycles. The van der Waals surface area contributed by atoms with Gasteiger partial charge in [0.25, 0.3) is 0 Å². The molecule has 3 rings (SSSR count). The molecular weight excluding hydrogens is 373 g/mol. The van der Waals surface area contributed by atoms with Crippen molar-refractivity contribution in [3.05, 3.63) is 101 Å². The molecule has 0 spiro atoms. The minimum Gasteiger partial charge on any atom is -0.489 e. The summed E-state index contributed by atoms with van der Waals surface area (Å²) in [5.41, 5.74) is 8.87. The lowest BCUT2D eigenvalue weighted by Gasteiger charge is -2.08. The summed E-state index contributed by atoms with van der Waals surface area (Å²) in [7, 11) is 0. The molecule has 28 heavy (non-hydrogen) atoms. The van der Waals surface area contributed by atoms with Gasteiger partial charge in [0.1, 0.15) is 18.2 Å². The highest BCUT2D eigenvalue weighted by atomic mass is 32.2. The molecule has 0 aliphatic rings. The number of nitrogens with zero attached hydrogens (tertiary/aromatic N) is 2. The predicted octanol–water partition coefficient (Wildman–Crippen LogP) is 4.99. The molecule has 3 aromatic rings. The van der Waals surface area contributed by atoms with Crippen molar-refractivity contribution in [3.63, 3.8) is 0 Å². The van der Waals surface area contributed by atoms with Gasteiger partial charge in [0.2, 0.25) is 0 Å². The molecule has 0 fully saturated rings. The lowest BCUT2D eigenvalue weighted by atomic mass is 10.1. The molecule has 0 aromatic heterocycles. The number of thioether (sulfide) groups is 1. The van der Waals surface area contributed by atoms with E-state index in [4.69, 9.17) is 10.5 Å². The second kappa shape index (κ2) is 10.3. The van der Waals surface area contributed by atoms with E-state index < -0.39 is 0 Å². The summed E-state index contributed by atoms with van der Waals surface area (Å²) in [6, 6.07) is 23.8. The maximum absolute atomic E-state index is 13.3. The van der Waals surface area contributed by atoms with Gasteiger partial charge in [-0.25, -0.2) is 4.39 Å². The van der Waals surface area contributed by atoms with Gasteiger partial charge in [-0.15, -0.1) is 5.10 Å². The lowest BCUT2D eigenvalue weighted by Crippen LogP contribution is -2.06. The van der Waals surface area contributed by atoms with Crippen molar-refractivity contribution in [2.45, 2.75) is 12.4 Å². The number of hydrogen-bond donors (Lipinski definition) is 1. The summed E-state index contributed by atoms with van der Waals surface area (Å²) in [6.07, 6.45) is 1.64. The molecule has 0 radical (unpaired) electrons. The zero-order chi connectivity index (χ0) is 19.6. The van der Waals surface area contributed by atoms with Gasteiger partial charge in [-0.2, -0.15) is 5.10 Å². The molecule has 6 heteroatoms. The first-order chi connectivity index (χ1) is 13.7. The van der Waals surface area contributed by atoms with Gasteiger partial charge >= 0.3 is 0 Å². The van der Waals surface area contributed by atoms with Crippen LogP contribution in [0.1, 0.15) is 16.7 Å². The van der Waals surface area contributed by atoms with Crippen LogP contribution in [-0.2, 0) is 12.4 Å². The zero-order valence-electron chi connectivity index (χ0n) is 15.2. The first-order valence-electron chi connectivity index (χ1n) is 8.70. The fourth-order valence-corrected chi connectivity index (χ4v) is 3.03. The number of hydrogen-bond acceptors (Lipinski definition) is 4. The normalized spacial score (nSPS) is 11.7. The third-order valence-corrected chi connectivity index (χ3v) is 4.68. The second-order valence-electron chi connectivity index (χ2n) is 5.90. The molecular formula is C22H20FN3OS. The molecule has 0 bridgehead atoms. The topological polar surface area (TPSA) is 60.0 Å². The first kappa shape index (κ1) is 19.6. The highest BCUT2D eigenvalue weighted by Gasteiger charge is 2.02. The van der Waals surface area contributed by atoms with Gasteiger partial charge < -0.3 is 10.5 Å². The SMILES string of the molecule is NC(=NN=Cc1ccccc1COc1cccc(F)c1)SCc1ccccc1. The van der Waals surface area contributed by atoms with Gasteiger partial charge in [-0.05, 0) is 23.3 Å². The standard InChI is InChI=1S/C22H20FN3OS/c23-20-11-6-12-21(13-20)27-15-19-10-5-4-9-18(19)14-25-26-22(24)28-16-17-7-2-1-3-8-17/h1-14H,15-16H2,(H2,24,26). The second-order valence-corrected chi connectivity index (χ2v) is 6.90. The largest absolute Gasteiger partial charge is 0.489 e. The predicted molar refractivity (Wildman–Crippen MR) is 114 cm³/mol. The summed E-state index contributed by atoms with van der Waals surface area (Å²) in [5.74, 6) is 0.889. The minimum absolute atomic E-state index is 0.299. The van der Waals surface area contributed by atoms with Crippen molar-refractivity contribution >= 4 is 23.1 Å². The van der Waals surface area contributed by atoms with Crippen LogP contribution in [0.25, 0.3) is 0 Å². The number of halogens is 1. The van der Waals surface area contributed by atoms with Crippen molar-refractivity contribution < 1.29 is 9.13 Å². The molecule has 0 saturated carbocycles. The van der Waals surface area contributed by atoms with Crippen LogP contribution in [0.4, 0.5) is 4.39 Å². The Bertz CT molecular complexity index is 961. The highest BCUT2D eigenvalue weighted by Crippen LogP contribution is 2.16. The van der Waals surface area contributed by atoms with Crippen molar-refractivity contribution in [1.29, 1.82) is 0 Å². The molecule has 0 aliphatic heterocycles. The van der Waals surface area contributed by atoms with E-state index in [1.54, 1.807) is 18.3 Å². The molecule has 0 amide bonds.